The number of piperidine rings is 1. The fourth-order valence-electron chi connectivity index (χ4n) is 4.26. The van der Waals surface area contributed by atoms with E-state index in [9.17, 15) is 9.59 Å². The molecule has 0 radical (unpaired) electrons. The summed E-state index contributed by atoms with van der Waals surface area (Å²) >= 11 is 1.10. The number of nitrogens with zero attached hydrogens (tertiary/aromatic N) is 3. The van der Waals surface area contributed by atoms with E-state index in [0.29, 0.717) is 36.5 Å². The number of amides is 2. The van der Waals surface area contributed by atoms with Gasteiger partial charge in [0.2, 0.25) is 5.91 Å². The summed E-state index contributed by atoms with van der Waals surface area (Å²) in [7, 11) is 0. The molecule has 1 fully saturated rings. The molecule has 0 bridgehead atoms. The minimum atomic E-state index is -0.773. The molecule has 0 spiro atoms. The topological polar surface area (TPSA) is 89.2 Å². The van der Waals surface area contributed by atoms with Crippen LogP contribution in [0.2, 0.25) is 0 Å². The second-order valence-electron chi connectivity index (χ2n) is 8.40. The largest absolute Gasteiger partial charge is 0.369 e. The van der Waals surface area contributed by atoms with Crippen LogP contribution >= 0.6 is 11.5 Å². The third-order valence-corrected chi connectivity index (χ3v) is 6.93. The van der Waals surface area contributed by atoms with Crippen LogP contribution in [-0.2, 0) is 11.2 Å². The number of aryl methyl sites for hydroxylation is 2. The van der Waals surface area contributed by atoms with Crippen LogP contribution in [0.3, 0.4) is 0 Å². The van der Waals surface area contributed by atoms with Gasteiger partial charge >= 0.3 is 0 Å². The average molecular weight is 435 g/mol. The molecular weight excluding hydrogens is 408 g/mol. The molecule has 0 unspecified atom stereocenters. The summed E-state index contributed by atoms with van der Waals surface area (Å²) in [6.45, 7) is 4.77. The Morgan fingerprint density at radius 3 is 2.29 bits per heavy atom. The van der Waals surface area contributed by atoms with Gasteiger partial charge in [-0.05, 0) is 61.3 Å². The first-order valence-corrected chi connectivity index (χ1v) is 11.2. The van der Waals surface area contributed by atoms with Crippen molar-refractivity contribution in [3.05, 3.63) is 70.2 Å². The van der Waals surface area contributed by atoms with Crippen molar-refractivity contribution in [3.8, 4) is 11.1 Å². The van der Waals surface area contributed by atoms with E-state index in [1.54, 1.807) is 11.8 Å². The van der Waals surface area contributed by atoms with Gasteiger partial charge in [-0.3, -0.25) is 9.59 Å². The molecule has 0 aliphatic carbocycles. The maximum Gasteiger partial charge on any atom is 0.267 e. The van der Waals surface area contributed by atoms with Crippen molar-refractivity contribution in [1.82, 2.24) is 14.5 Å². The van der Waals surface area contributed by atoms with Crippen LogP contribution in [0.1, 0.15) is 39.3 Å². The lowest BCUT2D eigenvalue weighted by atomic mass is 9.74. The van der Waals surface area contributed by atoms with E-state index < -0.39 is 5.41 Å². The average Bonchev–Trinajstić information content (AvgIpc) is 3.20. The summed E-state index contributed by atoms with van der Waals surface area (Å²) < 4.78 is 3.87. The van der Waals surface area contributed by atoms with Gasteiger partial charge in [-0.15, -0.1) is 5.10 Å². The number of carbonyl (C=O) groups excluding carboxylic acids is 2. The molecule has 3 aromatic rings. The molecule has 1 saturated heterocycles. The van der Waals surface area contributed by atoms with Gasteiger partial charge in [0.25, 0.3) is 5.91 Å². The molecule has 160 valence electrons. The van der Waals surface area contributed by atoms with Crippen LogP contribution in [0, 0.1) is 19.3 Å². The Morgan fingerprint density at radius 2 is 1.71 bits per heavy atom. The summed E-state index contributed by atoms with van der Waals surface area (Å²) in [4.78, 5) is 27.8. The van der Waals surface area contributed by atoms with Gasteiger partial charge in [-0.2, -0.15) is 0 Å². The van der Waals surface area contributed by atoms with E-state index in [1.165, 1.54) is 5.56 Å². The monoisotopic (exact) mass is 434 g/mol. The normalized spacial score (nSPS) is 18.7. The first kappa shape index (κ1) is 21.2. The molecule has 1 aliphatic heterocycles. The van der Waals surface area contributed by atoms with Crippen LogP contribution in [0.15, 0.2) is 48.5 Å². The molecule has 31 heavy (non-hydrogen) atoms. The van der Waals surface area contributed by atoms with E-state index in [2.05, 4.69) is 65.0 Å². The van der Waals surface area contributed by atoms with Crippen LogP contribution in [0.5, 0.6) is 0 Å². The van der Waals surface area contributed by atoms with Crippen molar-refractivity contribution in [1.29, 1.82) is 0 Å². The summed E-state index contributed by atoms with van der Waals surface area (Å²) in [6.07, 6.45) is 1.92. The maximum atomic E-state index is 13.0. The second-order valence-corrected chi connectivity index (χ2v) is 9.16. The second kappa shape index (κ2) is 8.59. The Hall–Kier alpha value is -3.06. The minimum Gasteiger partial charge on any atom is -0.369 e. The van der Waals surface area contributed by atoms with Crippen molar-refractivity contribution in [2.45, 2.75) is 33.1 Å². The third kappa shape index (κ3) is 4.37. The molecule has 0 saturated carbocycles. The zero-order chi connectivity index (χ0) is 22.0. The van der Waals surface area contributed by atoms with Gasteiger partial charge in [0.05, 0.1) is 11.1 Å². The van der Waals surface area contributed by atoms with Crippen molar-refractivity contribution in [3.63, 3.8) is 0 Å². The highest BCUT2D eigenvalue weighted by Gasteiger charge is 2.42. The lowest BCUT2D eigenvalue weighted by Gasteiger charge is -2.40. The molecular formula is C24H26N4O2S. The number of hydrogen-bond acceptors (Lipinski definition) is 5. The van der Waals surface area contributed by atoms with Gasteiger partial charge in [0.1, 0.15) is 4.88 Å². The van der Waals surface area contributed by atoms with Crippen molar-refractivity contribution >= 4 is 23.3 Å². The van der Waals surface area contributed by atoms with Gasteiger partial charge in [-0.1, -0.05) is 58.6 Å². The number of primary amides is 1. The zero-order valence-corrected chi connectivity index (χ0v) is 18.6. The molecule has 1 aliphatic rings. The Kier molecular flexibility index (Phi) is 5.87. The summed E-state index contributed by atoms with van der Waals surface area (Å²) in [5.74, 6) is -0.473. The van der Waals surface area contributed by atoms with Crippen LogP contribution in [-0.4, -0.2) is 39.4 Å². The molecule has 6 nitrogen and oxygen atoms in total. The highest BCUT2D eigenvalue weighted by molar-refractivity contribution is 7.07. The Balaban J connectivity index is 1.54. The molecule has 2 N–H and O–H groups in total. The zero-order valence-electron chi connectivity index (χ0n) is 17.8. The number of benzene rings is 2. The van der Waals surface area contributed by atoms with E-state index in [1.807, 2.05) is 0 Å². The predicted molar refractivity (Wildman–Crippen MR) is 122 cm³/mol. The van der Waals surface area contributed by atoms with Crippen molar-refractivity contribution in [2.24, 2.45) is 11.1 Å². The first-order chi connectivity index (χ1) is 14.9. The summed E-state index contributed by atoms with van der Waals surface area (Å²) in [5.41, 5.74) is 10.3. The Bertz CT molecular complexity index is 1090. The summed E-state index contributed by atoms with van der Waals surface area (Å²) in [6, 6.07) is 16.7. The van der Waals surface area contributed by atoms with Crippen LogP contribution < -0.4 is 5.73 Å². The Labute approximate surface area is 186 Å². The van der Waals surface area contributed by atoms with E-state index in [4.69, 9.17) is 5.73 Å². The van der Waals surface area contributed by atoms with Gasteiger partial charge in [-0.25, -0.2) is 0 Å². The smallest absolute Gasteiger partial charge is 0.267 e. The van der Waals surface area contributed by atoms with Crippen molar-refractivity contribution in [2.75, 3.05) is 13.1 Å². The predicted octanol–water partition coefficient (Wildman–Crippen LogP) is 3.77. The maximum absolute atomic E-state index is 13.0. The SMILES string of the molecule is Cc1ccc(-c2ccc(C[C@]3(C(N)=O)CCCN(C(=O)c4snnc4C)C3)cc2)cc1. The molecule has 1 atom stereocenters. The lowest BCUT2D eigenvalue weighted by Crippen LogP contribution is -2.53. The molecule has 4 rings (SSSR count). The minimum absolute atomic E-state index is 0.118. The van der Waals surface area contributed by atoms with Gasteiger partial charge in [0.15, 0.2) is 0 Å². The molecule has 7 heteroatoms. The third-order valence-electron chi connectivity index (χ3n) is 6.11. The quantitative estimate of drug-likeness (QED) is 0.662. The number of nitrogens with two attached hydrogens (primary N) is 1. The molecule has 2 heterocycles. The highest BCUT2D eigenvalue weighted by atomic mass is 32.1. The van der Waals surface area contributed by atoms with E-state index in [0.717, 1.165) is 34.6 Å². The highest BCUT2D eigenvalue weighted by Crippen LogP contribution is 2.35. The van der Waals surface area contributed by atoms with Crippen LogP contribution in [0.4, 0.5) is 0 Å². The number of rotatable bonds is 5. The first-order valence-electron chi connectivity index (χ1n) is 10.4. The fraction of sp³-hybridized carbons (Fsp3) is 0.333. The number of likely N-dealkylation sites (tertiary alicyclic amines) is 1. The van der Waals surface area contributed by atoms with Gasteiger partial charge < -0.3 is 10.6 Å². The van der Waals surface area contributed by atoms with Gasteiger partial charge in [0, 0.05) is 13.1 Å². The standard InChI is InChI=1S/C24H26N4O2S/c1-16-4-8-19(9-5-16)20-10-6-18(7-11-20)14-24(23(25)30)12-3-13-28(15-24)22(29)21-17(2)26-27-31-21/h4-11H,3,12-15H2,1-2H3,(H2,25,30)/t24-/m1/s1. The van der Waals surface area contributed by atoms with E-state index >= 15 is 0 Å². The molecule has 2 aromatic carbocycles. The number of aromatic nitrogens is 2. The fourth-order valence-corrected chi connectivity index (χ4v) is 4.89. The number of hydrogen-bond donors (Lipinski definition) is 1. The Morgan fingerprint density at radius 1 is 1.06 bits per heavy atom. The van der Waals surface area contributed by atoms with E-state index in [-0.39, 0.29) is 11.8 Å². The van der Waals surface area contributed by atoms with Crippen molar-refractivity contribution < 1.29 is 9.59 Å². The number of carbonyl (C=O) groups is 2. The summed E-state index contributed by atoms with van der Waals surface area (Å²) in [5, 5.41) is 3.94. The molecule has 2 amide bonds. The molecule has 1 aromatic heterocycles. The van der Waals surface area contributed by atoms with Crippen LogP contribution in [0.25, 0.3) is 11.1 Å². The lowest BCUT2D eigenvalue weighted by molar-refractivity contribution is -0.130.